The van der Waals surface area contributed by atoms with E-state index in [0.29, 0.717) is 0 Å². The summed E-state index contributed by atoms with van der Waals surface area (Å²) in [6.07, 6.45) is 5.60. The first-order valence-corrected chi connectivity index (χ1v) is 10.0. The minimum absolute atomic E-state index is 0. The lowest BCUT2D eigenvalue weighted by Gasteiger charge is -2.35. The summed E-state index contributed by atoms with van der Waals surface area (Å²) in [5.74, 6) is 0. The molecular weight excluding hydrogens is 405 g/mol. The highest BCUT2D eigenvalue weighted by Gasteiger charge is 2.19. The number of fused-ring (bicyclic) bond motifs is 2. The first-order chi connectivity index (χ1) is 13.3. The van der Waals surface area contributed by atoms with E-state index < -0.39 is 0 Å². The van der Waals surface area contributed by atoms with Crippen molar-refractivity contribution in [3.8, 4) is 0 Å². The Bertz CT molecular complexity index is 742. The van der Waals surface area contributed by atoms with Gasteiger partial charge in [-0.3, -0.25) is 4.90 Å². The van der Waals surface area contributed by atoms with E-state index >= 15 is 0 Å². The molecule has 2 aliphatic rings. The second-order valence-corrected chi connectivity index (χ2v) is 7.36. The quantitative estimate of drug-likeness (QED) is 0.737. The largest absolute Gasteiger partial charge is 0.395 e. The Kier molecular flexibility index (Phi) is 9.47. The van der Waals surface area contributed by atoms with Crippen molar-refractivity contribution < 1.29 is 5.11 Å². The van der Waals surface area contributed by atoms with E-state index in [1.54, 1.807) is 0 Å². The van der Waals surface area contributed by atoms with Crippen LogP contribution in [0.1, 0.15) is 17.5 Å². The Morgan fingerprint density at radius 2 is 1.14 bits per heavy atom. The summed E-state index contributed by atoms with van der Waals surface area (Å²) in [6.45, 7) is 7.57. The Balaban J connectivity index is 0.00000150. The van der Waals surface area contributed by atoms with Crippen LogP contribution in [0, 0.1) is 0 Å². The minimum atomic E-state index is 0. The van der Waals surface area contributed by atoms with Gasteiger partial charge in [-0.2, -0.15) is 0 Å². The van der Waals surface area contributed by atoms with Crippen LogP contribution in [-0.2, 0) is 0 Å². The molecule has 0 aliphatic carbocycles. The van der Waals surface area contributed by atoms with Gasteiger partial charge in [-0.15, -0.1) is 24.8 Å². The highest BCUT2D eigenvalue weighted by atomic mass is 35.5. The average Bonchev–Trinajstić information content (AvgIpc) is 2.87. The molecule has 4 nitrogen and oxygen atoms in total. The number of nitrogens with zero attached hydrogens (tertiary/aromatic N) is 3. The van der Waals surface area contributed by atoms with Gasteiger partial charge < -0.3 is 14.9 Å². The molecule has 29 heavy (non-hydrogen) atoms. The number of aliphatic hydroxyl groups is 1. The molecule has 0 aromatic heterocycles. The maximum Gasteiger partial charge on any atom is 0.0558 e. The van der Waals surface area contributed by atoms with E-state index in [-0.39, 0.29) is 31.4 Å². The van der Waals surface area contributed by atoms with Gasteiger partial charge in [-0.25, -0.2) is 0 Å². The molecule has 2 aromatic rings. The average molecular weight is 436 g/mol. The standard InChI is InChI=1S/C23H29N3O.2ClH/c27-19-18-25-16-14-24(15-17-25)12-5-13-26-22-8-3-1-6-20(22)10-11-21-7-2-4-9-23(21)26;;/h1-4,6-11,27H,5,12-19H2;2*1H. The number of halogens is 2. The molecule has 2 heterocycles. The van der Waals surface area contributed by atoms with Gasteiger partial charge in [0.15, 0.2) is 0 Å². The van der Waals surface area contributed by atoms with E-state index in [2.05, 4.69) is 75.4 Å². The van der Waals surface area contributed by atoms with Crippen molar-refractivity contribution in [3.63, 3.8) is 0 Å². The van der Waals surface area contributed by atoms with Crippen LogP contribution in [0.2, 0.25) is 0 Å². The minimum Gasteiger partial charge on any atom is -0.395 e. The number of aliphatic hydroxyl groups excluding tert-OH is 1. The molecular formula is C23H31Cl2N3O. The smallest absolute Gasteiger partial charge is 0.0558 e. The van der Waals surface area contributed by atoms with Crippen LogP contribution >= 0.6 is 24.8 Å². The number of hydrogen-bond donors (Lipinski definition) is 1. The molecule has 4 rings (SSSR count). The van der Waals surface area contributed by atoms with Gasteiger partial charge in [0.25, 0.3) is 0 Å². The van der Waals surface area contributed by atoms with E-state index in [4.69, 9.17) is 5.11 Å². The Labute approximate surface area is 186 Å². The highest BCUT2D eigenvalue weighted by Crippen LogP contribution is 2.36. The predicted octanol–water partition coefficient (Wildman–Crippen LogP) is 4.15. The second-order valence-electron chi connectivity index (χ2n) is 7.36. The van der Waals surface area contributed by atoms with Crippen LogP contribution in [0.4, 0.5) is 11.4 Å². The van der Waals surface area contributed by atoms with Gasteiger partial charge in [-0.05, 0) is 36.2 Å². The van der Waals surface area contributed by atoms with E-state index in [9.17, 15) is 0 Å². The second kappa shape index (κ2) is 11.6. The zero-order valence-electron chi connectivity index (χ0n) is 16.7. The van der Waals surface area contributed by atoms with E-state index in [1.165, 1.54) is 22.5 Å². The Hall–Kier alpha value is -1.56. The molecule has 6 heteroatoms. The van der Waals surface area contributed by atoms with Crippen molar-refractivity contribution in [2.24, 2.45) is 0 Å². The molecule has 0 spiro atoms. The molecule has 2 aromatic carbocycles. The SMILES string of the molecule is Cl.Cl.OCCN1CCN(CCCN2c3ccccc3C=Cc3ccccc32)CC1. The van der Waals surface area contributed by atoms with Crippen molar-refractivity contribution in [1.29, 1.82) is 0 Å². The maximum absolute atomic E-state index is 9.09. The summed E-state index contributed by atoms with van der Waals surface area (Å²) in [6, 6.07) is 17.4. The number of β-amino-alcohol motifs (C(OH)–C–C–N with tert-alkyl or cyclic N) is 1. The Morgan fingerprint density at radius 3 is 1.66 bits per heavy atom. The molecule has 0 amide bonds. The third-order valence-corrected chi connectivity index (χ3v) is 5.63. The fourth-order valence-electron chi connectivity index (χ4n) is 4.13. The topological polar surface area (TPSA) is 30.0 Å². The van der Waals surface area contributed by atoms with Crippen molar-refractivity contribution in [2.75, 3.05) is 57.3 Å². The van der Waals surface area contributed by atoms with Crippen molar-refractivity contribution in [1.82, 2.24) is 9.80 Å². The van der Waals surface area contributed by atoms with Crippen molar-refractivity contribution >= 4 is 48.3 Å². The van der Waals surface area contributed by atoms with Gasteiger partial charge >= 0.3 is 0 Å². The zero-order chi connectivity index (χ0) is 18.5. The van der Waals surface area contributed by atoms with Crippen LogP contribution < -0.4 is 4.90 Å². The molecule has 158 valence electrons. The molecule has 1 fully saturated rings. The number of rotatable bonds is 6. The van der Waals surface area contributed by atoms with E-state index in [1.807, 2.05) is 0 Å². The number of anilines is 2. The van der Waals surface area contributed by atoms with Gasteiger partial charge in [0, 0.05) is 50.6 Å². The summed E-state index contributed by atoms with van der Waals surface area (Å²) < 4.78 is 0. The number of para-hydroxylation sites is 2. The van der Waals surface area contributed by atoms with Crippen LogP contribution in [0.3, 0.4) is 0 Å². The van der Waals surface area contributed by atoms with Gasteiger partial charge in [0.2, 0.25) is 0 Å². The Morgan fingerprint density at radius 1 is 0.655 bits per heavy atom. The van der Waals surface area contributed by atoms with E-state index in [0.717, 1.165) is 52.2 Å². The third-order valence-electron chi connectivity index (χ3n) is 5.63. The molecule has 0 radical (unpaired) electrons. The number of hydrogen-bond acceptors (Lipinski definition) is 4. The molecule has 1 saturated heterocycles. The van der Waals surface area contributed by atoms with Gasteiger partial charge in [0.1, 0.15) is 0 Å². The number of piperazine rings is 1. The summed E-state index contributed by atoms with van der Waals surface area (Å²) in [7, 11) is 0. The highest BCUT2D eigenvalue weighted by molar-refractivity contribution is 5.88. The molecule has 0 bridgehead atoms. The summed E-state index contributed by atoms with van der Waals surface area (Å²) in [5.41, 5.74) is 5.16. The fraction of sp³-hybridized carbons (Fsp3) is 0.391. The first kappa shape index (κ1) is 23.7. The van der Waals surface area contributed by atoms with Gasteiger partial charge in [-0.1, -0.05) is 48.6 Å². The maximum atomic E-state index is 9.09. The van der Waals surface area contributed by atoms with Crippen LogP contribution in [0.25, 0.3) is 12.2 Å². The van der Waals surface area contributed by atoms with Crippen LogP contribution in [0.5, 0.6) is 0 Å². The number of benzene rings is 2. The summed E-state index contributed by atoms with van der Waals surface area (Å²) in [5, 5.41) is 9.09. The lowest BCUT2D eigenvalue weighted by atomic mass is 10.1. The first-order valence-electron chi connectivity index (χ1n) is 10.0. The molecule has 0 saturated carbocycles. The fourth-order valence-corrected chi connectivity index (χ4v) is 4.13. The van der Waals surface area contributed by atoms with Crippen molar-refractivity contribution in [3.05, 3.63) is 59.7 Å². The lowest BCUT2D eigenvalue weighted by molar-refractivity contribution is 0.112. The van der Waals surface area contributed by atoms with Crippen LogP contribution in [-0.4, -0.2) is 67.3 Å². The van der Waals surface area contributed by atoms with Crippen molar-refractivity contribution in [2.45, 2.75) is 6.42 Å². The third kappa shape index (κ3) is 5.74. The van der Waals surface area contributed by atoms with Gasteiger partial charge in [0.05, 0.1) is 6.61 Å². The summed E-state index contributed by atoms with van der Waals surface area (Å²) >= 11 is 0. The molecule has 1 N–H and O–H groups in total. The zero-order valence-corrected chi connectivity index (χ0v) is 18.4. The molecule has 2 aliphatic heterocycles. The monoisotopic (exact) mass is 435 g/mol. The molecule has 0 unspecified atom stereocenters. The lowest BCUT2D eigenvalue weighted by Crippen LogP contribution is -2.47. The summed E-state index contributed by atoms with van der Waals surface area (Å²) in [4.78, 5) is 7.39. The predicted molar refractivity (Wildman–Crippen MR) is 128 cm³/mol. The van der Waals surface area contributed by atoms with Crippen LogP contribution in [0.15, 0.2) is 48.5 Å². The normalized spacial score (nSPS) is 16.2. The molecule has 0 atom stereocenters.